The summed E-state index contributed by atoms with van der Waals surface area (Å²) in [5, 5.41) is 15.7. The first kappa shape index (κ1) is 17.7. The molecular weight excluding hydrogens is 344 g/mol. The van der Waals surface area contributed by atoms with E-state index in [1.165, 1.54) is 0 Å². The fourth-order valence-electron chi connectivity index (χ4n) is 3.57. The molecule has 4 rings (SSSR count). The van der Waals surface area contributed by atoms with Crippen molar-refractivity contribution in [3.05, 3.63) is 41.6 Å². The number of anilines is 1. The first-order chi connectivity index (χ1) is 13.0. The van der Waals surface area contributed by atoms with E-state index >= 15 is 0 Å². The van der Waals surface area contributed by atoms with Gasteiger partial charge < -0.3 is 10.1 Å². The van der Waals surface area contributed by atoms with E-state index in [1.807, 2.05) is 36.7 Å². The molecule has 4 heterocycles. The zero-order valence-electron chi connectivity index (χ0n) is 16.0. The summed E-state index contributed by atoms with van der Waals surface area (Å²) in [7, 11) is 1.89. The smallest absolute Gasteiger partial charge is 0.230 e. The van der Waals surface area contributed by atoms with E-state index < -0.39 is 0 Å². The Morgan fingerprint density at radius 3 is 2.85 bits per heavy atom. The summed E-state index contributed by atoms with van der Waals surface area (Å²) in [6, 6.07) is 3.72. The SMILES string of the molecule is Cc1c([C@H]2OCC[C@@H]2C(=O)Nc2ccc3nnc(C(C)C)n3c2)cnn1C. The van der Waals surface area contributed by atoms with Crippen molar-refractivity contribution in [2.45, 2.75) is 39.2 Å². The van der Waals surface area contributed by atoms with Crippen LogP contribution in [0.25, 0.3) is 5.65 Å². The van der Waals surface area contributed by atoms with Crippen molar-refractivity contribution >= 4 is 17.2 Å². The first-order valence-electron chi connectivity index (χ1n) is 9.21. The average Bonchev–Trinajstić information content (AvgIpc) is 3.34. The summed E-state index contributed by atoms with van der Waals surface area (Å²) in [6.45, 7) is 6.70. The highest BCUT2D eigenvalue weighted by Gasteiger charge is 2.37. The number of ether oxygens (including phenoxy) is 1. The monoisotopic (exact) mass is 368 g/mol. The molecule has 8 heteroatoms. The number of fused-ring (bicyclic) bond motifs is 1. The van der Waals surface area contributed by atoms with Gasteiger partial charge in [-0.2, -0.15) is 5.10 Å². The quantitative estimate of drug-likeness (QED) is 0.765. The van der Waals surface area contributed by atoms with E-state index in [2.05, 4.69) is 34.5 Å². The third kappa shape index (κ3) is 3.10. The topological polar surface area (TPSA) is 86.3 Å². The van der Waals surface area contributed by atoms with E-state index in [4.69, 9.17) is 4.74 Å². The van der Waals surface area contributed by atoms with Crippen molar-refractivity contribution in [1.29, 1.82) is 0 Å². The second kappa shape index (κ2) is 6.77. The first-order valence-corrected chi connectivity index (χ1v) is 9.21. The van der Waals surface area contributed by atoms with Crippen molar-refractivity contribution < 1.29 is 9.53 Å². The molecule has 1 N–H and O–H groups in total. The maximum Gasteiger partial charge on any atom is 0.230 e. The van der Waals surface area contributed by atoms with Crippen LogP contribution in [0.2, 0.25) is 0 Å². The molecule has 1 amide bonds. The number of aryl methyl sites for hydroxylation is 1. The highest BCUT2D eigenvalue weighted by molar-refractivity contribution is 5.93. The fraction of sp³-hybridized carbons (Fsp3) is 0.474. The normalized spacial score (nSPS) is 19.9. The highest BCUT2D eigenvalue weighted by atomic mass is 16.5. The molecule has 0 bridgehead atoms. The Hall–Kier alpha value is -2.74. The minimum absolute atomic E-state index is 0.0423. The highest BCUT2D eigenvalue weighted by Crippen LogP contribution is 2.36. The van der Waals surface area contributed by atoms with Gasteiger partial charge in [0.2, 0.25) is 5.91 Å². The summed E-state index contributed by atoms with van der Waals surface area (Å²) < 4.78 is 9.60. The Morgan fingerprint density at radius 2 is 2.15 bits per heavy atom. The van der Waals surface area contributed by atoms with Gasteiger partial charge >= 0.3 is 0 Å². The molecule has 142 valence electrons. The molecule has 3 aromatic rings. The summed E-state index contributed by atoms with van der Waals surface area (Å²) >= 11 is 0. The van der Waals surface area contributed by atoms with E-state index in [9.17, 15) is 4.79 Å². The molecule has 8 nitrogen and oxygen atoms in total. The van der Waals surface area contributed by atoms with Crippen LogP contribution in [0.5, 0.6) is 0 Å². The van der Waals surface area contributed by atoms with Crippen LogP contribution in [0.4, 0.5) is 5.69 Å². The molecule has 1 saturated heterocycles. The lowest BCUT2D eigenvalue weighted by Gasteiger charge is -2.18. The van der Waals surface area contributed by atoms with E-state index in [-0.39, 0.29) is 23.8 Å². The van der Waals surface area contributed by atoms with Crippen molar-refractivity contribution in [3.63, 3.8) is 0 Å². The second-order valence-electron chi connectivity index (χ2n) is 7.34. The average molecular weight is 368 g/mol. The third-order valence-electron chi connectivity index (χ3n) is 5.22. The van der Waals surface area contributed by atoms with Gasteiger partial charge in [-0.05, 0) is 25.5 Å². The number of rotatable bonds is 4. The van der Waals surface area contributed by atoms with Crippen molar-refractivity contribution in [2.75, 3.05) is 11.9 Å². The zero-order chi connectivity index (χ0) is 19.1. The summed E-state index contributed by atoms with van der Waals surface area (Å²) in [6.07, 6.45) is 4.10. The molecule has 2 atom stereocenters. The fourth-order valence-corrected chi connectivity index (χ4v) is 3.57. The van der Waals surface area contributed by atoms with Crippen LogP contribution < -0.4 is 5.32 Å². The lowest BCUT2D eigenvalue weighted by atomic mass is 9.95. The number of hydrogen-bond donors (Lipinski definition) is 1. The van der Waals surface area contributed by atoms with Gasteiger partial charge in [0.15, 0.2) is 5.65 Å². The molecule has 1 fully saturated rings. The second-order valence-corrected chi connectivity index (χ2v) is 7.34. The summed E-state index contributed by atoms with van der Waals surface area (Å²) in [4.78, 5) is 13.0. The predicted octanol–water partition coefficient (Wildman–Crippen LogP) is 2.61. The summed E-state index contributed by atoms with van der Waals surface area (Å²) in [5.74, 6) is 0.828. The van der Waals surface area contributed by atoms with Crippen molar-refractivity contribution in [1.82, 2.24) is 24.4 Å². The maximum absolute atomic E-state index is 13.0. The third-order valence-corrected chi connectivity index (χ3v) is 5.22. The van der Waals surface area contributed by atoms with Gasteiger partial charge in [-0.25, -0.2) is 0 Å². The minimum Gasteiger partial charge on any atom is -0.373 e. The molecule has 0 aliphatic carbocycles. The van der Waals surface area contributed by atoms with Gasteiger partial charge in [0.1, 0.15) is 5.82 Å². The van der Waals surface area contributed by atoms with Crippen LogP contribution in [0.15, 0.2) is 24.5 Å². The van der Waals surface area contributed by atoms with Gasteiger partial charge in [0.05, 0.1) is 23.9 Å². The van der Waals surface area contributed by atoms with Crippen LogP contribution in [0, 0.1) is 12.8 Å². The lowest BCUT2D eigenvalue weighted by Crippen LogP contribution is -2.25. The number of amides is 1. The molecule has 0 radical (unpaired) electrons. The largest absolute Gasteiger partial charge is 0.373 e. The summed E-state index contributed by atoms with van der Waals surface area (Å²) in [5.41, 5.74) is 3.49. The molecule has 3 aromatic heterocycles. The van der Waals surface area contributed by atoms with E-state index in [1.54, 1.807) is 10.9 Å². The van der Waals surface area contributed by atoms with Crippen molar-refractivity contribution in [2.24, 2.45) is 13.0 Å². The van der Waals surface area contributed by atoms with Crippen LogP contribution in [-0.2, 0) is 16.6 Å². The molecule has 0 unspecified atom stereocenters. The number of pyridine rings is 1. The van der Waals surface area contributed by atoms with Gasteiger partial charge in [-0.3, -0.25) is 13.9 Å². The number of hydrogen-bond acceptors (Lipinski definition) is 5. The Morgan fingerprint density at radius 1 is 1.33 bits per heavy atom. The number of carbonyl (C=O) groups excluding carboxylic acids is 1. The molecule has 1 aliphatic rings. The molecular formula is C19H24N6O2. The van der Waals surface area contributed by atoms with Gasteiger partial charge in [-0.1, -0.05) is 13.8 Å². The van der Waals surface area contributed by atoms with Gasteiger partial charge in [-0.15, -0.1) is 10.2 Å². The van der Waals surface area contributed by atoms with Crippen LogP contribution in [-0.4, -0.2) is 36.9 Å². The van der Waals surface area contributed by atoms with Crippen LogP contribution in [0.3, 0.4) is 0 Å². The number of aromatic nitrogens is 5. The molecule has 0 spiro atoms. The zero-order valence-corrected chi connectivity index (χ0v) is 16.0. The standard InChI is InChI=1S/C19H24N6O2/c1-11(2)18-23-22-16-6-5-13(10-25(16)18)21-19(26)14-7-8-27-17(14)15-9-20-24(4)12(15)3/h5-6,9-11,14,17H,7-8H2,1-4H3,(H,21,26)/t14-,17-/m0/s1. The molecule has 27 heavy (non-hydrogen) atoms. The number of nitrogens with zero attached hydrogens (tertiary/aromatic N) is 5. The Kier molecular flexibility index (Phi) is 4.43. The van der Waals surface area contributed by atoms with Crippen LogP contribution >= 0.6 is 0 Å². The Bertz CT molecular complexity index is 989. The van der Waals surface area contributed by atoms with Crippen molar-refractivity contribution in [3.8, 4) is 0 Å². The lowest BCUT2D eigenvalue weighted by molar-refractivity contribution is -0.121. The molecule has 1 aliphatic heterocycles. The minimum atomic E-state index is -0.261. The van der Waals surface area contributed by atoms with Crippen LogP contribution in [0.1, 0.15) is 49.4 Å². The number of nitrogens with one attached hydrogen (secondary N) is 1. The van der Waals surface area contributed by atoms with E-state index in [0.717, 1.165) is 28.4 Å². The number of carbonyl (C=O) groups is 1. The Labute approximate surface area is 157 Å². The Balaban J connectivity index is 1.57. The molecule has 0 aromatic carbocycles. The van der Waals surface area contributed by atoms with E-state index in [0.29, 0.717) is 13.0 Å². The predicted molar refractivity (Wildman–Crippen MR) is 100 cm³/mol. The van der Waals surface area contributed by atoms with Gasteiger partial charge in [0.25, 0.3) is 0 Å². The maximum atomic E-state index is 13.0. The molecule has 0 saturated carbocycles. The van der Waals surface area contributed by atoms with Gasteiger partial charge in [0, 0.05) is 37.0 Å².